The zero-order valence-corrected chi connectivity index (χ0v) is 17.4. The summed E-state index contributed by atoms with van der Waals surface area (Å²) in [5, 5.41) is 2.44. The minimum absolute atomic E-state index is 0.0442. The summed E-state index contributed by atoms with van der Waals surface area (Å²) in [7, 11) is 1.27. The van der Waals surface area contributed by atoms with Crippen molar-refractivity contribution in [2.45, 2.75) is 44.1 Å². The number of rotatable bonds is 5. The maximum absolute atomic E-state index is 14.0. The molecule has 3 N–H and O–H groups in total. The Morgan fingerprint density at radius 1 is 1.31 bits per heavy atom. The lowest BCUT2D eigenvalue weighted by atomic mass is 9.85. The van der Waals surface area contributed by atoms with Crippen molar-refractivity contribution < 1.29 is 36.6 Å². The molecule has 1 aromatic heterocycles. The number of nitrogens with two attached hydrogens (primary N) is 1. The van der Waals surface area contributed by atoms with Gasteiger partial charge in [-0.2, -0.15) is 13.2 Å². The Kier molecular flexibility index (Phi) is 6.14. The van der Waals surface area contributed by atoms with Crippen molar-refractivity contribution in [3.63, 3.8) is 0 Å². The van der Waals surface area contributed by atoms with Gasteiger partial charge in [0.15, 0.2) is 5.60 Å². The van der Waals surface area contributed by atoms with E-state index in [1.807, 2.05) is 0 Å². The predicted octanol–water partition coefficient (Wildman–Crippen LogP) is 3.47. The quantitative estimate of drug-likeness (QED) is 0.672. The summed E-state index contributed by atoms with van der Waals surface area (Å²) in [4.78, 5) is 28.0. The SMILES string of the molecule is COc1c([C@H]2C[C@](C)(C(F)(F)F)O[C@@H]2C(=O)Nc2ccnc(C(N)=O)c2)ccc(F)c1C. The molecule has 172 valence electrons. The lowest BCUT2D eigenvalue weighted by Crippen LogP contribution is -2.43. The molecule has 11 heteroatoms. The second-order valence-electron chi connectivity index (χ2n) is 7.66. The summed E-state index contributed by atoms with van der Waals surface area (Å²) < 4.78 is 65.8. The lowest BCUT2D eigenvalue weighted by Gasteiger charge is -2.27. The number of hydrogen-bond acceptors (Lipinski definition) is 5. The molecular formula is C21H21F4N3O4. The van der Waals surface area contributed by atoms with Gasteiger partial charge in [-0.05, 0) is 38.5 Å². The van der Waals surface area contributed by atoms with Gasteiger partial charge in [0.25, 0.3) is 11.8 Å². The van der Waals surface area contributed by atoms with E-state index in [0.717, 1.165) is 13.0 Å². The van der Waals surface area contributed by atoms with Crippen molar-refractivity contribution in [1.82, 2.24) is 4.98 Å². The molecule has 7 nitrogen and oxygen atoms in total. The van der Waals surface area contributed by atoms with Crippen LogP contribution in [0, 0.1) is 12.7 Å². The monoisotopic (exact) mass is 455 g/mol. The number of hydrogen-bond donors (Lipinski definition) is 2. The Morgan fingerprint density at radius 3 is 2.59 bits per heavy atom. The van der Waals surface area contributed by atoms with E-state index in [2.05, 4.69) is 10.3 Å². The fourth-order valence-electron chi connectivity index (χ4n) is 3.74. The largest absolute Gasteiger partial charge is 0.496 e. The van der Waals surface area contributed by atoms with Crippen LogP contribution in [-0.4, -0.2) is 41.8 Å². The van der Waals surface area contributed by atoms with E-state index in [-0.39, 0.29) is 28.3 Å². The summed E-state index contributed by atoms with van der Waals surface area (Å²) in [5.41, 5.74) is 2.83. The minimum atomic E-state index is -4.77. The van der Waals surface area contributed by atoms with Gasteiger partial charge < -0.3 is 20.5 Å². The maximum Gasteiger partial charge on any atom is 0.417 e. The number of methoxy groups -OCH3 is 1. The maximum atomic E-state index is 14.0. The standard InChI is InChI=1S/C21H21F4N3O4/c1-10-14(22)5-4-12(16(10)31-3)13-9-20(2,21(23,24)25)32-17(13)19(30)28-11-6-7-27-15(8-11)18(26)29/h4-8,13,17H,9H2,1-3H3,(H2,26,29)(H,27,28,30)/t13-,17+,20-/m1/s1. The molecule has 3 rings (SSSR count). The summed E-state index contributed by atoms with van der Waals surface area (Å²) in [6.45, 7) is 2.28. The van der Waals surface area contributed by atoms with Gasteiger partial charge >= 0.3 is 6.18 Å². The molecule has 1 saturated heterocycles. The Balaban J connectivity index is 2.01. The van der Waals surface area contributed by atoms with Crippen LogP contribution >= 0.6 is 0 Å². The van der Waals surface area contributed by atoms with Crippen molar-refractivity contribution in [2.75, 3.05) is 12.4 Å². The van der Waals surface area contributed by atoms with E-state index in [1.165, 1.54) is 38.4 Å². The van der Waals surface area contributed by atoms with E-state index < -0.39 is 47.9 Å². The average Bonchev–Trinajstić information content (AvgIpc) is 3.09. The van der Waals surface area contributed by atoms with Crippen molar-refractivity contribution in [3.8, 4) is 5.75 Å². The number of aromatic nitrogens is 1. The first-order valence-corrected chi connectivity index (χ1v) is 9.52. The van der Waals surface area contributed by atoms with Crippen LogP contribution in [0.15, 0.2) is 30.5 Å². The number of benzene rings is 1. The molecule has 0 spiro atoms. The Labute approximate surface area is 180 Å². The normalized spacial score (nSPS) is 23.1. The van der Waals surface area contributed by atoms with E-state index in [9.17, 15) is 27.2 Å². The van der Waals surface area contributed by atoms with E-state index in [0.29, 0.717) is 0 Å². The molecule has 1 fully saturated rings. The van der Waals surface area contributed by atoms with Gasteiger partial charge in [0, 0.05) is 28.9 Å². The number of nitrogens with zero attached hydrogens (tertiary/aromatic N) is 1. The van der Waals surface area contributed by atoms with Crippen LogP contribution < -0.4 is 15.8 Å². The highest BCUT2D eigenvalue weighted by molar-refractivity contribution is 5.97. The average molecular weight is 455 g/mol. The number of ether oxygens (including phenoxy) is 2. The van der Waals surface area contributed by atoms with Crippen LogP contribution in [0.4, 0.5) is 23.2 Å². The Morgan fingerprint density at radius 2 is 2.00 bits per heavy atom. The van der Waals surface area contributed by atoms with Gasteiger partial charge in [-0.1, -0.05) is 6.07 Å². The van der Waals surface area contributed by atoms with Gasteiger partial charge in [-0.3, -0.25) is 14.6 Å². The molecule has 1 aliphatic rings. The van der Waals surface area contributed by atoms with Crippen molar-refractivity contribution in [3.05, 3.63) is 53.1 Å². The number of carbonyl (C=O) groups is 2. The number of pyridine rings is 1. The highest BCUT2D eigenvalue weighted by atomic mass is 19.4. The van der Waals surface area contributed by atoms with Crippen LogP contribution in [0.2, 0.25) is 0 Å². The third-order valence-electron chi connectivity index (χ3n) is 5.47. The first kappa shape index (κ1) is 23.5. The summed E-state index contributed by atoms with van der Waals surface area (Å²) in [6, 6.07) is 4.93. The molecule has 0 saturated carbocycles. The first-order valence-electron chi connectivity index (χ1n) is 9.52. The van der Waals surface area contributed by atoms with Crippen molar-refractivity contribution in [1.29, 1.82) is 0 Å². The molecular weight excluding hydrogens is 434 g/mol. The lowest BCUT2D eigenvalue weighted by molar-refractivity contribution is -0.261. The Bertz CT molecular complexity index is 1060. The number of anilines is 1. The molecule has 1 aliphatic heterocycles. The number of halogens is 4. The predicted molar refractivity (Wildman–Crippen MR) is 106 cm³/mol. The molecule has 2 aromatic rings. The summed E-state index contributed by atoms with van der Waals surface area (Å²) in [5.74, 6) is -3.36. The van der Waals surface area contributed by atoms with Gasteiger partial charge in [-0.15, -0.1) is 0 Å². The second-order valence-corrected chi connectivity index (χ2v) is 7.66. The zero-order chi connectivity index (χ0) is 23.8. The molecule has 1 aromatic carbocycles. The van der Waals surface area contributed by atoms with Crippen LogP contribution in [0.25, 0.3) is 0 Å². The third kappa shape index (κ3) is 4.24. The highest BCUT2D eigenvalue weighted by Crippen LogP contribution is 2.51. The fourth-order valence-corrected chi connectivity index (χ4v) is 3.74. The molecule has 0 aliphatic carbocycles. The van der Waals surface area contributed by atoms with Gasteiger partial charge in [0.05, 0.1) is 7.11 Å². The van der Waals surface area contributed by atoms with Crippen molar-refractivity contribution in [2.24, 2.45) is 5.73 Å². The summed E-state index contributed by atoms with van der Waals surface area (Å²) >= 11 is 0. The number of alkyl halides is 3. The molecule has 3 atom stereocenters. The third-order valence-corrected chi connectivity index (χ3v) is 5.47. The highest BCUT2D eigenvalue weighted by Gasteiger charge is 2.61. The minimum Gasteiger partial charge on any atom is -0.496 e. The molecule has 2 heterocycles. The smallest absolute Gasteiger partial charge is 0.417 e. The Hall–Kier alpha value is -3.21. The second kappa shape index (κ2) is 8.38. The van der Waals surface area contributed by atoms with E-state index in [1.54, 1.807) is 0 Å². The topological polar surface area (TPSA) is 104 Å². The summed E-state index contributed by atoms with van der Waals surface area (Å²) in [6.07, 6.45) is -5.71. The van der Waals surface area contributed by atoms with Crippen molar-refractivity contribution >= 4 is 17.5 Å². The van der Waals surface area contributed by atoms with Crippen LogP contribution in [-0.2, 0) is 9.53 Å². The van der Waals surface area contributed by atoms with E-state index >= 15 is 0 Å². The van der Waals surface area contributed by atoms with Crippen LogP contribution in [0.1, 0.15) is 40.9 Å². The molecule has 0 bridgehead atoms. The van der Waals surface area contributed by atoms with E-state index in [4.69, 9.17) is 15.2 Å². The van der Waals surface area contributed by atoms with Gasteiger partial charge in [-0.25, -0.2) is 4.39 Å². The zero-order valence-electron chi connectivity index (χ0n) is 17.4. The van der Waals surface area contributed by atoms with Gasteiger partial charge in [0.1, 0.15) is 23.4 Å². The van der Waals surface area contributed by atoms with Crippen LogP contribution in [0.3, 0.4) is 0 Å². The fraction of sp³-hybridized carbons (Fsp3) is 0.381. The number of amides is 2. The number of carbonyl (C=O) groups excluding carboxylic acids is 2. The molecule has 0 radical (unpaired) electrons. The molecule has 2 amide bonds. The molecule has 32 heavy (non-hydrogen) atoms. The number of primary amides is 1. The van der Waals surface area contributed by atoms with Crippen LogP contribution in [0.5, 0.6) is 5.75 Å². The first-order chi connectivity index (χ1) is 14.9. The number of nitrogens with one attached hydrogen (secondary N) is 1. The van der Waals surface area contributed by atoms with Gasteiger partial charge in [0.2, 0.25) is 0 Å². The molecule has 0 unspecified atom stereocenters.